The molecule has 1 aromatic carbocycles. The number of aryl methyl sites for hydroxylation is 2. The van der Waals surface area contributed by atoms with Gasteiger partial charge in [-0.3, -0.25) is 4.79 Å². The highest BCUT2D eigenvalue weighted by Crippen LogP contribution is 2.13. The second-order valence-electron chi connectivity index (χ2n) is 5.67. The van der Waals surface area contributed by atoms with Gasteiger partial charge < -0.3 is 10.2 Å². The van der Waals surface area contributed by atoms with E-state index in [0.717, 1.165) is 32.5 Å². The minimum absolute atomic E-state index is 0.293. The molecule has 0 radical (unpaired) electrons. The highest BCUT2D eigenvalue weighted by atomic mass is 16.2. The first-order valence-corrected chi connectivity index (χ1v) is 7.76. The highest BCUT2D eigenvalue weighted by Gasteiger charge is 2.23. The maximum Gasteiger partial charge on any atom is 0.223 e. The Bertz CT molecular complexity index is 421. The molecular weight excluding hydrogens is 248 g/mol. The summed E-state index contributed by atoms with van der Waals surface area (Å²) in [5.74, 6) is 0.293. The molecule has 0 bridgehead atoms. The van der Waals surface area contributed by atoms with Gasteiger partial charge in [-0.2, -0.15) is 0 Å². The lowest BCUT2D eigenvalue weighted by molar-refractivity contribution is -0.133. The van der Waals surface area contributed by atoms with E-state index in [9.17, 15) is 4.79 Å². The monoisotopic (exact) mass is 274 g/mol. The van der Waals surface area contributed by atoms with E-state index in [1.54, 1.807) is 0 Å². The summed E-state index contributed by atoms with van der Waals surface area (Å²) in [7, 11) is 0. The average Bonchev–Trinajstić information content (AvgIpc) is 2.48. The first-order valence-electron chi connectivity index (χ1n) is 7.76. The predicted molar refractivity (Wildman–Crippen MR) is 82.8 cm³/mol. The number of benzene rings is 1. The Balaban J connectivity index is 1.87. The van der Waals surface area contributed by atoms with Crippen molar-refractivity contribution in [3.63, 3.8) is 0 Å². The van der Waals surface area contributed by atoms with Crippen LogP contribution in [0.25, 0.3) is 0 Å². The van der Waals surface area contributed by atoms with Gasteiger partial charge in [-0.15, -0.1) is 0 Å². The summed E-state index contributed by atoms with van der Waals surface area (Å²) in [6, 6.07) is 8.87. The SMILES string of the molecule is CCN(C(=O)CCc1ccc(C)cc1)C1CCCNC1. The highest BCUT2D eigenvalue weighted by molar-refractivity contribution is 5.76. The molecule has 110 valence electrons. The van der Waals surface area contributed by atoms with Gasteiger partial charge in [0.05, 0.1) is 0 Å². The van der Waals surface area contributed by atoms with Crippen molar-refractivity contribution < 1.29 is 4.79 Å². The third kappa shape index (κ3) is 4.07. The molecule has 1 heterocycles. The Morgan fingerprint density at radius 2 is 2.10 bits per heavy atom. The first kappa shape index (κ1) is 15.0. The van der Waals surface area contributed by atoms with Crippen LogP contribution in [-0.4, -0.2) is 36.5 Å². The molecule has 1 unspecified atom stereocenters. The summed E-state index contributed by atoms with van der Waals surface area (Å²) in [6.45, 7) is 7.02. The summed E-state index contributed by atoms with van der Waals surface area (Å²) >= 11 is 0. The summed E-state index contributed by atoms with van der Waals surface area (Å²) in [5.41, 5.74) is 2.52. The fraction of sp³-hybridized carbons (Fsp3) is 0.588. The fourth-order valence-electron chi connectivity index (χ4n) is 2.89. The molecule has 1 aliphatic heterocycles. The van der Waals surface area contributed by atoms with Crippen LogP contribution in [-0.2, 0) is 11.2 Å². The van der Waals surface area contributed by atoms with Gasteiger partial charge in [-0.25, -0.2) is 0 Å². The Morgan fingerprint density at radius 1 is 1.35 bits per heavy atom. The van der Waals surface area contributed by atoms with Gasteiger partial charge in [-0.05, 0) is 45.2 Å². The lowest BCUT2D eigenvalue weighted by Gasteiger charge is -2.34. The summed E-state index contributed by atoms with van der Waals surface area (Å²) < 4.78 is 0. The number of rotatable bonds is 5. The van der Waals surface area contributed by atoms with Crippen LogP contribution in [0.4, 0.5) is 0 Å². The molecule has 0 aliphatic carbocycles. The Hall–Kier alpha value is -1.35. The molecule has 1 N–H and O–H groups in total. The molecule has 1 aromatic rings. The van der Waals surface area contributed by atoms with Crippen molar-refractivity contribution >= 4 is 5.91 Å². The lowest BCUT2D eigenvalue weighted by Crippen LogP contribution is -2.48. The van der Waals surface area contributed by atoms with Crippen LogP contribution in [0.5, 0.6) is 0 Å². The number of hydrogen-bond acceptors (Lipinski definition) is 2. The molecule has 20 heavy (non-hydrogen) atoms. The molecule has 1 saturated heterocycles. The summed E-state index contributed by atoms with van der Waals surface area (Å²) in [4.78, 5) is 14.5. The van der Waals surface area contributed by atoms with E-state index in [4.69, 9.17) is 0 Å². The zero-order valence-electron chi connectivity index (χ0n) is 12.7. The zero-order valence-corrected chi connectivity index (χ0v) is 12.7. The smallest absolute Gasteiger partial charge is 0.223 e. The largest absolute Gasteiger partial charge is 0.339 e. The molecule has 2 rings (SSSR count). The van der Waals surface area contributed by atoms with Crippen molar-refractivity contribution in [2.45, 2.75) is 45.6 Å². The van der Waals surface area contributed by atoms with Gasteiger partial charge in [0.25, 0.3) is 0 Å². The lowest BCUT2D eigenvalue weighted by atomic mass is 10.0. The van der Waals surface area contributed by atoms with E-state index < -0.39 is 0 Å². The number of piperidine rings is 1. The van der Waals surface area contributed by atoms with E-state index in [1.807, 2.05) is 0 Å². The molecule has 1 atom stereocenters. The van der Waals surface area contributed by atoms with E-state index in [1.165, 1.54) is 17.5 Å². The van der Waals surface area contributed by atoms with Crippen molar-refractivity contribution in [2.24, 2.45) is 0 Å². The van der Waals surface area contributed by atoms with Crippen LogP contribution in [0, 0.1) is 6.92 Å². The van der Waals surface area contributed by atoms with Crippen molar-refractivity contribution in [1.29, 1.82) is 0 Å². The molecular formula is C17H26N2O. The third-order valence-corrected chi connectivity index (χ3v) is 4.12. The van der Waals surface area contributed by atoms with Gasteiger partial charge in [0.2, 0.25) is 5.91 Å². The maximum absolute atomic E-state index is 12.4. The van der Waals surface area contributed by atoms with Crippen molar-refractivity contribution in [2.75, 3.05) is 19.6 Å². The van der Waals surface area contributed by atoms with Crippen LogP contribution in [0.3, 0.4) is 0 Å². The second kappa shape index (κ2) is 7.44. The average molecular weight is 274 g/mol. The number of likely N-dealkylation sites (N-methyl/N-ethyl adjacent to an activating group) is 1. The van der Waals surface area contributed by atoms with Gasteiger partial charge in [0, 0.05) is 25.6 Å². The van der Waals surface area contributed by atoms with Crippen LogP contribution in [0.15, 0.2) is 24.3 Å². The first-order chi connectivity index (χ1) is 9.70. The summed E-state index contributed by atoms with van der Waals surface area (Å²) in [6.07, 6.45) is 3.77. The molecule has 3 heteroatoms. The minimum atomic E-state index is 0.293. The Labute approximate surface area is 122 Å². The fourth-order valence-corrected chi connectivity index (χ4v) is 2.89. The standard InChI is InChI=1S/C17H26N2O/c1-3-19(16-5-4-12-18-13-16)17(20)11-10-15-8-6-14(2)7-9-15/h6-9,16,18H,3-5,10-13H2,1-2H3. The van der Waals surface area contributed by atoms with Crippen LogP contribution in [0.2, 0.25) is 0 Å². The van der Waals surface area contributed by atoms with E-state index in [2.05, 4.69) is 48.3 Å². The quantitative estimate of drug-likeness (QED) is 0.895. The number of amides is 1. The second-order valence-corrected chi connectivity index (χ2v) is 5.67. The normalized spacial score (nSPS) is 18.8. The van der Waals surface area contributed by atoms with Gasteiger partial charge in [-0.1, -0.05) is 29.8 Å². The number of nitrogens with one attached hydrogen (secondary N) is 1. The Kier molecular flexibility index (Phi) is 5.60. The zero-order chi connectivity index (χ0) is 14.4. The Morgan fingerprint density at radius 3 is 2.70 bits per heavy atom. The minimum Gasteiger partial charge on any atom is -0.339 e. The van der Waals surface area contributed by atoms with Crippen LogP contribution < -0.4 is 5.32 Å². The number of carbonyl (C=O) groups is 1. The number of hydrogen-bond donors (Lipinski definition) is 1. The van der Waals surface area contributed by atoms with Gasteiger partial charge >= 0.3 is 0 Å². The predicted octanol–water partition coefficient (Wildman–Crippen LogP) is 2.53. The molecule has 0 aromatic heterocycles. The third-order valence-electron chi connectivity index (χ3n) is 4.12. The molecule has 1 amide bonds. The van der Waals surface area contributed by atoms with E-state index in [-0.39, 0.29) is 0 Å². The molecule has 3 nitrogen and oxygen atoms in total. The maximum atomic E-state index is 12.4. The summed E-state index contributed by atoms with van der Waals surface area (Å²) in [5, 5.41) is 3.39. The molecule has 0 saturated carbocycles. The van der Waals surface area contributed by atoms with Gasteiger partial charge in [0.1, 0.15) is 0 Å². The van der Waals surface area contributed by atoms with Crippen molar-refractivity contribution in [3.8, 4) is 0 Å². The molecule has 0 spiro atoms. The van der Waals surface area contributed by atoms with Crippen LogP contribution in [0.1, 0.15) is 37.3 Å². The van der Waals surface area contributed by atoms with Crippen molar-refractivity contribution in [3.05, 3.63) is 35.4 Å². The van der Waals surface area contributed by atoms with E-state index in [0.29, 0.717) is 18.4 Å². The molecule has 1 aliphatic rings. The molecule has 1 fully saturated rings. The number of nitrogens with zero attached hydrogens (tertiary/aromatic N) is 1. The van der Waals surface area contributed by atoms with Gasteiger partial charge in [0.15, 0.2) is 0 Å². The number of carbonyl (C=O) groups excluding carboxylic acids is 1. The topological polar surface area (TPSA) is 32.3 Å². The van der Waals surface area contributed by atoms with E-state index >= 15 is 0 Å². The van der Waals surface area contributed by atoms with Crippen molar-refractivity contribution in [1.82, 2.24) is 10.2 Å². The van der Waals surface area contributed by atoms with Crippen LogP contribution >= 0.6 is 0 Å².